The number of carboxylic acids is 1. The normalized spacial score (nSPS) is 11.6. The quantitative estimate of drug-likeness (QED) is 0.347. The van der Waals surface area contributed by atoms with Crippen molar-refractivity contribution in [3.8, 4) is 11.1 Å². The van der Waals surface area contributed by atoms with Crippen LogP contribution in [0.2, 0.25) is 5.02 Å². The highest BCUT2D eigenvalue weighted by Crippen LogP contribution is 2.23. The van der Waals surface area contributed by atoms with Gasteiger partial charge in [0, 0.05) is 22.7 Å². The lowest BCUT2D eigenvalue weighted by Gasteiger charge is -2.11. The minimum atomic E-state index is -0.929. The summed E-state index contributed by atoms with van der Waals surface area (Å²) in [6.45, 7) is 1.91. The summed E-state index contributed by atoms with van der Waals surface area (Å²) in [7, 11) is 0. The van der Waals surface area contributed by atoms with Crippen LogP contribution >= 0.6 is 11.6 Å². The van der Waals surface area contributed by atoms with E-state index in [0.29, 0.717) is 22.7 Å². The van der Waals surface area contributed by atoms with Gasteiger partial charge in [-0.05, 0) is 47.4 Å². The van der Waals surface area contributed by atoms with Crippen molar-refractivity contribution in [3.05, 3.63) is 88.9 Å². The maximum Gasteiger partial charge on any atom is 0.306 e. The standard InChI is InChI=1S/C27H26ClNO4/c1-2-3-22(27(32)33)17-25(30)21-8-6-19(7-9-21)20-10-14-24(15-11-20)29-26(31)16-18-4-12-23(28)13-5-18/h4-15,22H,2-3,16-17H2,1H3,(H,29,31)(H,32,33). The Morgan fingerprint density at radius 1 is 0.879 bits per heavy atom. The molecule has 3 rings (SSSR count). The molecule has 0 aliphatic heterocycles. The lowest BCUT2D eigenvalue weighted by molar-refractivity contribution is -0.141. The van der Waals surface area contributed by atoms with Crippen molar-refractivity contribution in [2.45, 2.75) is 32.6 Å². The number of benzene rings is 3. The molecule has 0 heterocycles. The Kier molecular flexibility index (Phi) is 8.39. The predicted octanol–water partition coefficient (Wildman–Crippen LogP) is 6.26. The van der Waals surface area contributed by atoms with E-state index in [1.54, 1.807) is 24.3 Å². The van der Waals surface area contributed by atoms with Crippen LogP contribution in [-0.2, 0) is 16.0 Å². The summed E-state index contributed by atoms with van der Waals surface area (Å²) in [5, 5.41) is 12.8. The first-order valence-corrected chi connectivity index (χ1v) is 11.2. The fraction of sp³-hybridized carbons (Fsp3) is 0.222. The van der Waals surface area contributed by atoms with Gasteiger partial charge >= 0.3 is 5.97 Å². The molecule has 6 heteroatoms. The lowest BCUT2D eigenvalue weighted by Crippen LogP contribution is -2.17. The van der Waals surface area contributed by atoms with Gasteiger partial charge < -0.3 is 10.4 Å². The molecule has 2 N–H and O–H groups in total. The molecule has 0 saturated heterocycles. The third-order valence-electron chi connectivity index (χ3n) is 5.40. The van der Waals surface area contributed by atoms with E-state index in [2.05, 4.69) is 5.32 Å². The van der Waals surface area contributed by atoms with Crippen LogP contribution in [-0.4, -0.2) is 22.8 Å². The highest BCUT2D eigenvalue weighted by Gasteiger charge is 2.21. The van der Waals surface area contributed by atoms with Gasteiger partial charge in [0.25, 0.3) is 0 Å². The van der Waals surface area contributed by atoms with Crippen molar-refractivity contribution >= 4 is 34.9 Å². The number of rotatable bonds is 10. The molecule has 170 valence electrons. The minimum absolute atomic E-state index is 0.00688. The molecular formula is C27H26ClNO4. The second kappa shape index (κ2) is 11.4. The second-order valence-electron chi connectivity index (χ2n) is 7.96. The largest absolute Gasteiger partial charge is 0.481 e. The van der Waals surface area contributed by atoms with Crippen molar-refractivity contribution in [2.24, 2.45) is 5.92 Å². The number of ketones is 1. The number of halogens is 1. The number of hydrogen-bond acceptors (Lipinski definition) is 3. The Balaban J connectivity index is 1.60. The van der Waals surface area contributed by atoms with Crippen LogP contribution in [0.15, 0.2) is 72.8 Å². The van der Waals surface area contributed by atoms with Crippen molar-refractivity contribution in [3.63, 3.8) is 0 Å². The molecule has 0 saturated carbocycles. The number of amides is 1. The van der Waals surface area contributed by atoms with Crippen molar-refractivity contribution < 1.29 is 19.5 Å². The molecule has 3 aromatic rings. The molecule has 33 heavy (non-hydrogen) atoms. The van der Waals surface area contributed by atoms with Crippen LogP contribution in [0.3, 0.4) is 0 Å². The van der Waals surface area contributed by atoms with Gasteiger partial charge in [-0.3, -0.25) is 14.4 Å². The average Bonchev–Trinajstić information content (AvgIpc) is 2.81. The van der Waals surface area contributed by atoms with Crippen LogP contribution in [0.1, 0.15) is 42.1 Å². The van der Waals surface area contributed by atoms with Crippen molar-refractivity contribution in [1.82, 2.24) is 0 Å². The molecule has 1 amide bonds. The van der Waals surface area contributed by atoms with Crippen LogP contribution in [0, 0.1) is 5.92 Å². The van der Waals surface area contributed by atoms with Crippen molar-refractivity contribution in [2.75, 3.05) is 5.32 Å². The summed E-state index contributed by atoms with van der Waals surface area (Å²) < 4.78 is 0. The van der Waals surface area contributed by atoms with Crippen molar-refractivity contribution in [1.29, 1.82) is 0 Å². The minimum Gasteiger partial charge on any atom is -0.481 e. The van der Waals surface area contributed by atoms with Crippen LogP contribution in [0.4, 0.5) is 5.69 Å². The fourth-order valence-corrected chi connectivity index (χ4v) is 3.72. The fourth-order valence-electron chi connectivity index (χ4n) is 3.59. The first-order valence-electron chi connectivity index (χ1n) is 10.9. The summed E-state index contributed by atoms with van der Waals surface area (Å²) in [4.78, 5) is 36.0. The molecule has 0 bridgehead atoms. The Morgan fingerprint density at radius 2 is 1.45 bits per heavy atom. The van der Waals surface area contributed by atoms with Gasteiger partial charge in [-0.15, -0.1) is 0 Å². The maximum atomic E-state index is 12.5. The number of carbonyl (C=O) groups is 3. The van der Waals surface area contributed by atoms with Gasteiger partial charge in [-0.2, -0.15) is 0 Å². The van der Waals surface area contributed by atoms with Crippen LogP contribution in [0.5, 0.6) is 0 Å². The zero-order valence-corrected chi connectivity index (χ0v) is 19.1. The number of hydrogen-bond donors (Lipinski definition) is 2. The molecule has 0 spiro atoms. The van der Waals surface area contributed by atoms with Gasteiger partial charge in [-0.25, -0.2) is 0 Å². The Bertz CT molecular complexity index is 1110. The monoisotopic (exact) mass is 463 g/mol. The summed E-state index contributed by atoms with van der Waals surface area (Å²) in [6, 6.07) is 21.8. The number of nitrogens with one attached hydrogen (secondary N) is 1. The molecule has 0 aromatic heterocycles. The Hall–Kier alpha value is -3.44. The number of carboxylic acid groups (broad SMARTS) is 1. The van der Waals surface area contributed by atoms with E-state index < -0.39 is 11.9 Å². The summed E-state index contributed by atoms with van der Waals surface area (Å²) >= 11 is 5.87. The number of Topliss-reactive ketones (excluding diaryl/α,β-unsaturated/α-hetero) is 1. The third-order valence-corrected chi connectivity index (χ3v) is 5.66. The van der Waals surface area contributed by atoms with Gasteiger partial charge in [-0.1, -0.05) is 73.5 Å². The van der Waals surface area contributed by atoms with Gasteiger partial charge in [0.1, 0.15) is 0 Å². The Morgan fingerprint density at radius 3 is 2.00 bits per heavy atom. The number of carbonyl (C=O) groups excluding carboxylic acids is 2. The van der Waals surface area contributed by atoms with Gasteiger partial charge in [0.05, 0.1) is 12.3 Å². The van der Waals surface area contributed by atoms with Crippen LogP contribution in [0.25, 0.3) is 11.1 Å². The summed E-state index contributed by atoms with van der Waals surface area (Å²) in [6.07, 6.45) is 1.48. The average molecular weight is 464 g/mol. The first kappa shape index (κ1) is 24.2. The first-order chi connectivity index (χ1) is 15.9. The lowest BCUT2D eigenvalue weighted by atomic mass is 9.93. The van der Waals surface area contributed by atoms with Gasteiger partial charge in [0.2, 0.25) is 5.91 Å². The molecule has 1 atom stereocenters. The number of anilines is 1. The molecule has 3 aromatic carbocycles. The van der Waals surface area contributed by atoms with E-state index in [1.165, 1.54) is 0 Å². The van der Waals surface area contributed by atoms with E-state index in [0.717, 1.165) is 23.1 Å². The molecule has 1 unspecified atom stereocenters. The van der Waals surface area contributed by atoms with E-state index in [4.69, 9.17) is 11.6 Å². The molecule has 0 fully saturated rings. The SMILES string of the molecule is CCCC(CC(=O)c1ccc(-c2ccc(NC(=O)Cc3ccc(Cl)cc3)cc2)cc1)C(=O)O. The Labute approximate surface area is 198 Å². The van der Waals surface area contributed by atoms with Gasteiger partial charge in [0.15, 0.2) is 5.78 Å². The van der Waals surface area contributed by atoms with E-state index >= 15 is 0 Å². The molecular weight excluding hydrogens is 438 g/mol. The second-order valence-corrected chi connectivity index (χ2v) is 8.39. The van der Waals surface area contributed by atoms with E-state index in [1.807, 2.05) is 55.5 Å². The highest BCUT2D eigenvalue weighted by molar-refractivity contribution is 6.30. The third kappa shape index (κ3) is 7.02. The zero-order valence-electron chi connectivity index (χ0n) is 18.4. The highest BCUT2D eigenvalue weighted by atomic mass is 35.5. The molecule has 0 aliphatic carbocycles. The zero-order chi connectivity index (χ0) is 23.8. The maximum absolute atomic E-state index is 12.5. The predicted molar refractivity (Wildman–Crippen MR) is 131 cm³/mol. The molecule has 5 nitrogen and oxygen atoms in total. The summed E-state index contributed by atoms with van der Waals surface area (Å²) in [5.41, 5.74) is 3.95. The topological polar surface area (TPSA) is 83.5 Å². The van der Waals surface area contributed by atoms with E-state index in [9.17, 15) is 19.5 Å². The van der Waals surface area contributed by atoms with Crippen LogP contribution < -0.4 is 5.32 Å². The van der Waals surface area contributed by atoms with E-state index in [-0.39, 0.29) is 24.5 Å². The smallest absolute Gasteiger partial charge is 0.306 e. The molecule has 0 radical (unpaired) electrons. The molecule has 0 aliphatic rings. The number of aliphatic carboxylic acids is 1. The summed E-state index contributed by atoms with van der Waals surface area (Å²) in [5.74, 6) is -1.86.